The summed E-state index contributed by atoms with van der Waals surface area (Å²) in [5, 5.41) is 3.86. The van der Waals surface area contributed by atoms with Crippen molar-refractivity contribution in [2.75, 3.05) is 20.0 Å². The van der Waals surface area contributed by atoms with Gasteiger partial charge in [0.1, 0.15) is 12.4 Å². The first-order valence-corrected chi connectivity index (χ1v) is 4.47. The Morgan fingerprint density at radius 1 is 1.44 bits per heavy atom. The smallest absolute Gasteiger partial charge is 0.360 e. The van der Waals surface area contributed by atoms with Gasteiger partial charge in [0, 0.05) is 14.0 Å². The van der Waals surface area contributed by atoms with Crippen LogP contribution in [0.1, 0.15) is 27.9 Å². The van der Waals surface area contributed by atoms with E-state index in [0.717, 1.165) is 0 Å². The number of hydrogen-bond donors (Lipinski definition) is 1. The average molecular weight is 227 g/mol. The summed E-state index contributed by atoms with van der Waals surface area (Å²) in [7, 11) is 2.66. The van der Waals surface area contributed by atoms with E-state index in [4.69, 9.17) is 10.5 Å². The predicted octanol–water partition coefficient (Wildman–Crippen LogP) is 0.0584. The first-order valence-electron chi connectivity index (χ1n) is 4.47. The van der Waals surface area contributed by atoms with Gasteiger partial charge in [-0.25, -0.2) is 9.48 Å². The minimum Gasteiger partial charge on any atom is -0.464 e. The van der Waals surface area contributed by atoms with Crippen molar-refractivity contribution >= 4 is 17.4 Å². The van der Waals surface area contributed by atoms with Crippen molar-refractivity contribution in [3.8, 4) is 0 Å². The van der Waals surface area contributed by atoms with E-state index in [1.165, 1.54) is 25.8 Å². The third kappa shape index (κ3) is 2.03. The van der Waals surface area contributed by atoms with Crippen LogP contribution in [0.2, 0.25) is 0 Å². The Morgan fingerprint density at radius 3 is 2.50 bits per heavy atom. The van der Waals surface area contributed by atoms with Crippen molar-refractivity contribution in [1.29, 1.82) is 0 Å². The van der Waals surface area contributed by atoms with Gasteiger partial charge >= 0.3 is 5.97 Å². The lowest BCUT2D eigenvalue weighted by Gasteiger charge is -2.02. The summed E-state index contributed by atoms with van der Waals surface area (Å²) < 4.78 is 10.6. The quantitative estimate of drug-likeness (QED) is 0.577. The highest BCUT2D eigenvalue weighted by atomic mass is 16.5. The summed E-state index contributed by atoms with van der Waals surface area (Å²) in [5.41, 5.74) is 5.72. The molecule has 1 aromatic heterocycles. The average Bonchev–Trinajstić information content (AvgIpc) is 2.55. The number of hydrogen-bond acceptors (Lipinski definition) is 6. The van der Waals surface area contributed by atoms with Gasteiger partial charge in [0.2, 0.25) is 0 Å². The molecule has 0 aliphatic carbocycles. The zero-order valence-corrected chi connectivity index (χ0v) is 9.31. The zero-order valence-electron chi connectivity index (χ0n) is 9.31. The SMILES string of the molecule is COCn1nc(C(=O)OC)c(N)c1C(C)=O. The molecule has 7 heteroatoms. The van der Waals surface area contributed by atoms with Crippen LogP contribution in [0.15, 0.2) is 0 Å². The number of nitrogen functional groups attached to an aromatic ring is 1. The number of carbonyl (C=O) groups is 2. The second-order valence-electron chi connectivity index (χ2n) is 3.08. The first kappa shape index (κ1) is 12.2. The Balaban J connectivity index is 3.29. The fourth-order valence-electron chi connectivity index (χ4n) is 1.31. The molecule has 0 saturated carbocycles. The van der Waals surface area contributed by atoms with Gasteiger partial charge in [0.25, 0.3) is 0 Å². The number of nitrogens with zero attached hydrogens (tertiary/aromatic N) is 2. The highest BCUT2D eigenvalue weighted by molar-refractivity contribution is 6.03. The molecule has 1 aromatic rings. The molecule has 0 aliphatic rings. The molecule has 0 spiro atoms. The minimum absolute atomic E-state index is 0.0106. The third-order valence-corrected chi connectivity index (χ3v) is 1.95. The van der Waals surface area contributed by atoms with Crippen LogP contribution >= 0.6 is 0 Å². The first-order chi connectivity index (χ1) is 7.52. The van der Waals surface area contributed by atoms with Crippen molar-refractivity contribution in [3.63, 3.8) is 0 Å². The fraction of sp³-hybridized carbons (Fsp3) is 0.444. The van der Waals surface area contributed by atoms with Crippen LogP contribution in [0, 0.1) is 0 Å². The molecule has 0 aliphatic heterocycles. The van der Waals surface area contributed by atoms with Crippen molar-refractivity contribution in [1.82, 2.24) is 9.78 Å². The molecule has 2 N–H and O–H groups in total. The lowest BCUT2D eigenvalue weighted by Crippen LogP contribution is -2.10. The molecule has 88 valence electrons. The Morgan fingerprint density at radius 2 is 2.06 bits per heavy atom. The maximum absolute atomic E-state index is 11.3. The number of anilines is 1. The van der Waals surface area contributed by atoms with E-state index >= 15 is 0 Å². The van der Waals surface area contributed by atoms with Crippen LogP contribution in [-0.2, 0) is 16.2 Å². The molecule has 0 atom stereocenters. The number of Topliss-reactive ketones (excluding diaryl/α,β-unsaturated/α-hetero) is 1. The molecular formula is C9H13N3O4. The van der Waals surface area contributed by atoms with E-state index in [9.17, 15) is 9.59 Å². The number of aromatic nitrogens is 2. The molecular weight excluding hydrogens is 214 g/mol. The van der Waals surface area contributed by atoms with Crippen molar-refractivity contribution in [2.24, 2.45) is 0 Å². The van der Waals surface area contributed by atoms with Crippen LogP contribution in [0.4, 0.5) is 5.69 Å². The Kier molecular flexibility index (Phi) is 3.62. The van der Waals surface area contributed by atoms with E-state index in [1.54, 1.807) is 0 Å². The topological polar surface area (TPSA) is 96.4 Å². The third-order valence-electron chi connectivity index (χ3n) is 1.95. The summed E-state index contributed by atoms with van der Waals surface area (Å²) in [6.45, 7) is 1.37. The summed E-state index contributed by atoms with van der Waals surface area (Å²) in [4.78, 5) is 22.6. The van der Waals surface area contributed by atoms with Gasteiger partial charge in [-0.05, 0) is 0 Å². The molecule has 0 unspecified atom stereocenters. The van der Waals surface area contributed by atoms with E-state index in [0.29, 0.717) is 0 Å². The van der Waals surface area contributed by atoms with Gasteiger partial charge in [-0.15, -0.1) is 0 Å². The van der Waals surface area contributed by atoms with Crippen LogP contribution in [0.5, 0.6) is 0 Å². The van der Waals surface area contributed by atoms with Crippen molar-refractivity contribution in [3.05, 3.63) is 11.4 Å². The number of ether oxygens (including phenoxy) is 2. The highest BCUT2D eigenvalue weighted by Crippen LogP contribution is 2.18. The molecule has 0 fully saturated rings. The lowest BCUT2D eigenvalue weighted by atomic mass is 10.2. The molecule has 7 nitrogen and oxygen atoms in total. The molecule has 0 saturated heterocycles. The van der Waals surface area contributed by atoms with Gasteiger partial charge < -0.3 is 15.2 Å². The van der Waals surface area contributed by atoms with E-state index in [1.807, 2.05) is 0 Å². The number of carbonyl (C=O) groups excluding carboxylic acids is 2. The summed E-state index contributed by atoms with van der Waals surface area (Å²) in [6.07, 6.45) is 0. The summed E-state index contributed by atoms with van der Waals surface area (Å²) in [6, 6.07) is 0. The van der Waals surface area contributed by atoms with E-state index < -0.39 is 5.97 Å². The van der Waals surface area contributed by atoms with Crippen molar-refractivity contribution < 1.29 is 19.1 Å². The number of methoxy groups -OCH3 is 2. The summed E-state index contributed by atoms with van der Waals surface area (Å²) in [5.74, 6) is -0.980. The highest BCUT2D eigenvalue weighted by Gasteiger charge is 2.23. The maximum Gasteiger partial charge on any atom is 0.360 e. The monoisotopic (exact) mass is 227 g/mol. The largest absolute Gasteiger partial charge is 0.464 e. The molecule has 0 amide bonds. The van der Waals surface area contributed by atoms with Gasteiger partial charge in [-0.2, -0.15) is 5.10 Å². The molecule has 1 heterocycles. The van der Waals surface area contributed by atoms with Crippen LogP contribution in [-0.4, -0.2) is 35.8 Å². The van der Waals surface area contributed by atoms with Crippen LogP contribution < -0.4 is 5.73 Å². The number of rotatable bonds is 4. The minimum atomic E-state index is -0.685. The van der Waals surface area contributed by atoms with Gasteiger partial charge in [0.05, 0.1) is 12.8 Å². The molecule has 0 radical (unpaired) electrons. The lowest BCUT2D eigenvalue weighted by molar-refractivity contribution is 0.0589. The second kappa shape index (κ2) is 4.75. The Labute approximate surface area is 92.1 Å². The number of esters is 1. The molecule has 0 bridgehead atoms. The van der Waals surface area contributed by atoms with Gasteiger partial charge in [-0.3, -0.25) is 4.79 Å². The molecule has 16 heavy (non-hydrogen) atoms. The number of nitrogens with two attached hydrogens (primary N) is 1. The zero-order chi connectivity index (χ0) is 12.3. The molecule has 1 rings (SSSR count). The van der Waals surface area contributed by atoms with E-state index in [2.05, 4.69) is 9.84 Å². The summed E-state index contributed by atoms with van der Waals surface area (Å²) >= 11 is 0. The number of ketones is 1. The van der Waals surface area contributed by atoms with Crippen molar-refractivity contribution in [2.45, 2.75) is 13.7 Å². The fourth-order valence-corrected chi connectivity index (χ4v) is 1.31. The molecule has 0 aromatic carbocycles. The standard InChI is InChI=1S/C9H13N3O4/c1-5(13)8-6(10)7(9(14)16-3)11-12(8)4-15-2/h4,10H2,1-3H3. The Bertz CT molecular complexity index is 425. The normalized spacial score (nSPS) is 10.2. The van der Waals surface area contributed by atoms with Gasteiger partial charge in [0.15, 0.2) is 11.5 Å². The second-order valence-corrected chi connectivity index (χ2v) is 3.08. The Hall–Kier alpha value is -1.89. The predicted molar refractivity (Wildman–Crippen MR) is 55.0 cm³/mol. The van der Waals surface area contributed by atoms with Crippen LogP contribution in [0.25, 0.3) is 0 Å². The van der Waals surface area contributed by atoms with E-state index in [-0.39, 0.29) is 29.6 Å². The maximum atomic E-state index is 11.3. The van der Waals surface area contributed by atoms with Gasteiger partial charge in [-0.1, -0.05) is 0 Å². The van der Waals surface area contributed by atoms with Crippen LogP contribution in [0.3, 0.4) is 0 Å².